The number of carbonyl (C=O) groups excluding carboxylic acids is 1. The molecule has 7 nitrogen and oxygen atoms in total. The van der Waals surface area contributed by atoms with Gasteiger partial charge in [0.1, 0.15) is 11.9 Å². The molecule has 2 heterocycles. The summed E-state index contributed by atoms with van der Waals surface area (Å²) in [5.74, 6) is -0.361. The van der Waals surface area contributed by atoms with Crippen LogP contribution in [0.2, 0.25) is 0 Å². The molecule has 1 aromatic carbocycles. The topological polar surface area (TPSA) is 80.6 Å². The van der Waals surface area contributed by atoms with Gasteiger partial charge in [-0.2, -0.15) is 5.26 Å². The molecule has 0 radical (unpaired) electrons. The van der Waals surface area contributed by atoms with Gasteiger partial charge in [0.2, 0.25) is 0 Å². The first-order chi connectivity index (χ1) is 12.6. The highest BCUT2D eigenvalue weighted by atomic mass is 19.1. The fraction of sp³-hybridized carbons (Fsp3) is 0.444. The molecule has 0 aliphatic carbocycles. The van der Waals surface area contributed by atoms with Crippen molar-refractivity contribution in [2.75, 3.05) is 43.0 Å². The molecule has 2 aliphatic heterocycles. The number of nitriles is 1. The second kappa shape index (κ2) is 8.17. The number of hydrazine groups is 1. The molecule has 0 aromatic heterocycles. The molecule has 0 unspecified atom stereocenters. The minimum absolute atomic E-state index is 0.287. The Morgan fingerprint density at radius 3 is 2.85 bits per heavy atom. The zero-order chi connectivity index (χ0) is 18.5. The van der Waals surface area contributed by atoms with Crippen LogP contribution >= 0.6 is 0 Å². The summed E-state index contributed by atoms with van der Waals surface area (Å²) in [6.45, 7) is 2.20. The fourth-order valence-electron chi connectivity index (χ4n) is 3.25. The van der Waals surface area contributed by atoms with Crippen molar-refractivity contribution in [2.24, 2.45) is 0 Å². The lowest BCUT2D eigenvalue weighted by Crippen LogP contribution is -2.37. The van der Waals surface area contributed by atoms with Crippen molar-refractivity contribution in [1.29, 1.82) is 5.26 Å². The third-order valence-corrected chi connectivity index (χ3v) is 4.64. The molecule has 2 aliphatic rings. The third-order valence-electron chi connectivity index (χ3n) is 4.64. The predicted molar refractivity (Wildman–Crippen MR) is 96.2 cm³/mol. The lowest BCUT2D eigenvalue weighted by atomic mass is 10.0. The number of anilines is 2. The number of allylic oxidation sites excluding steroid dienone is 1. The van der Waals surface area contributed by atoms with Crippen LogP contribution in [-0.2, 0) is 4.74 Å². The third kappa shape index (κ3) is 3.95. The van der Waals surface area contributed by atoms with Gasteiger partial charge in [0.25, 0.3) is 0 Å². The minimum atomic E-state index is -0.468. The van der Waals surface area contributed by atoms with Gasteiger partial charge in [-0.3, -0.25) is 15.8 Å². The van der Waals surface area contributed by atoms with Gasteiger partial charge in [0.15, 0.2) is 0 Å². The molecule has 138 valence electrons. The number of nitrogens with zero attached hydrogens (tertiary/aromatic N) is 3. The Bertz CT molecular complexity index is 736. The van der Waals surface area contributed by atoms with E-state index < -0.39 is 6.09 Å². The number of rotatable bonds is 5. The summed E-state index contributed by atoms with van der Waals surface area (Å²) in [6, 6.07) is 6.88. The maximum Gasteiger partial charge on any atom is 0.414 e. The molecule has 3 rings (SSSR count). The Morgan fingerprint density at radius 2 is 2.19 bits per heavy atom. The van der Waals surface area contributed by atoms with E-state index in [4.69, 9.17) is 10.00 Å². The normalized spacial score (nSPS) is 20.1. The molecule has 0 saturated carbocycles. The number of amides is 1. The number of halogens is 1. The number of nitrogens with one attached hydrogen (secondary N) is 2. The molecule has 1 amide bonds. The number of hydrogen-bond donors (Lipinski definition) is 2. The van der Waals surface area contributed by atoms with Gasteiger partial charge in [-0.1, -0.05) is 5.57 Å². The minimum Gasteiger partial charge on any atom is -0.443 e. The van der Waals surface area contributed by atoms with Crippen molar-refractivity contribution in [2.45, 2.75) is 18.9 Å². The van der Waals surface area contributed by atoms with Crippen molar-refractivity contribution >= 4 is 17.5 Å². The molecule has 1 aromatic rings. The van der Waals surface area contributed by atoms with Crippen LogP contribution in [0.4, 0.5) is 20.6 Å². The van der Waals surface area contributed by atoms with E-state index in [0.717, 1.165) is 18.4 Å². The summed E-state index contributed by atoms with van der Waals surface area (Å²) in [6.07, 6.45) is 2.34. The van der Waals surface area contributed by atoms with Crippen LogP contribution in [0.5, 0.6) is 0 Å². The molecular weight excluding hydrogens is 337 g/mol. The largest absolute Gasteiger partial charge is 0.443 e. The zero-order valence-corrected chi connectivity index (χ0v) is 14.7. The lowest BCUT2D eigenvalue weighted by molar-refractivity contribution is 0.138. The highest BCUT2D eigenvalue weighted by Crippen LogP contribution is 2.30. The van der Waals surface area contributed by atoms with Crippen molar-refractivity contribution in [3.05, 3.63) is 35.7 Å². The number of hydrogen-bond acceptors (Lipinski definition) is 6. The Hall–Kier alpha value is -2.63. The molecule has 26 heavy (non-hydrogen) atoms. The van der Waals surface area contributed by atoms with E-state index in [1.165, 1.54) is 11.0 Å². The van der Waals surface area contributed by atoms with Gasteiger partial charge in [-0.05, 0) is 38.1 Å². The summed E-state index contributed by atoms with van der Waals surface area (Å²) in [5.41, 5.74) is 7.79. The van der Waals surface area contributed by atoms with Gasteiger partial charge in [0, 0.05) is 25.7 Å². The first-order valence-electron chi connectivity index (χ1n) is 8.62. The van der Waals surface area contributed by atoms with E-state index >= 15 is 0 Å². The van der Waals surface area contributed by atoms with Gasteiger partial charge >= 0.3 is 6.09 Å². The number of cyclic esters (lactones) is 1. The number of carbonyl (C=O) groups is 1. The van der Waals surface area contributed by atoms with Crippen LogP contribution in [0.25, 0.3) is 0 Å². The Kier molecular flexibility index (Phi) is 5.71. The maximum atomic E-state index is 14.7. The van der Waals surface area contributed by atoms with Crippen molar-refractivity contribution < 1.29 is 13.9 Å². The second-order valence-electron chi connectivity index (χ2n) is 6.30. The van der Waals surface area contributed by atoms with Gasteiger partial charge in [-0.15, -0.1) is 0 Å². The average molecular weight is 359 g/mol. The highest BCUT2D eigenvalue weighted by molar-refractivity contribution is 5.90. The standard InChI is InChI=1S/C18H22FN5O2/c1-21-22-11-15-12-24(18(25)26-15)14-2-3-17(16(19)10-14)23-8-5-13(4-7-20)6-9-23/h2-4,10,15,21-22H,5-6,8-9,11-12H2,1H3/t15-/m1/s1. The van der Waals surface area contributed by atoms with Gasteiger partial charge in [-0.25, -0.2) is 9.18 Å². The van der Waals surface area contributed by atoms with Gasteiger partial charge in [0.05, 0.1) is 24.0 Å². The Balaban J connectivity index is 1.68. The van der Waals surface area contributed by atoms with E-state index in [0.29, 0.717) is 37.6 Å². The van der Waals surface area contributed by atoms with Crippen LogP contribution in [-0.4, -0.2) is 45.4 Å². The number of benzene rings is 1. The smallest absolute Gasteiger partial charge is 0.414 e. The lowest BCUT2D eigenvalue weighted by Gasteiger charge is -2.30. The summed E-state index contributed by atoms with van der Waals surface area (Å²) in [4.78, 5) is 15.4. The predicted octanol–water partition coefficient (Wildman–Crippen LogP) is 1.93. The Morgan fingerprint density at radius 1 is 1.42 bits per heavy atom. The van der Waals surface area contributed by atoms with Crippen LogP contribution in [0.3, 0.4) is 0 Å². The summed E-state index contributed by atoms with van der Waals surface area (Å²) in [7, 11) is 1.74. The van der Waals surface area contributed by atoms with E-state index in [1.807, 2.05) is 4.90 Å². The zero-order valence-electron chi connectivity index (χ0n) is 14.7. The summed E-state index contributed by atoms with van der Waals surface area (Å²) >= 11 is 0. The van der Waals surface area contributed by atoms with Crippen LogP contribution in [0, 0.1) is 17.1 Å². The molecular formula is C18H22FN5O2. The van der Waals surface area contributed by atoms with Gasteiger partial charge < -0.3 is 9.64 Å². The molecule has 1 atom stereocenters. The van der Waals surface area contributed by atoms with E-state index in [1.54, 1.807) is 25.3 Å². The molecule has 2 N–H and O–H groups in total. The first kappa shape index (κ1) is 18.2. The first-order valence-corrected chi connectivity index (χ1v) is 8.62. The monoisotopic (exact) mass is 359 g/mol. The second-order valence-corrected chi connectivity index (χ2v) is 6.30. The molecule has 0 spiro atoms. The van der Waals surface area contributed by atoms with E-state index in [9.17, 15) is 9.18 Å². The van der Waals surface area contributed by atoms with E-state index in [2.05, 4.69) is 16.9 Å². The molecule has 8 heteroatoms. The summed E-state index contributed by atoms with van der Waals surface area (Å²) in [5, 5.41) is 8.72. The summed E-state index contributed by atoms with van der Waals surface area (Å²) < 4.78 is 19.9. The SMILES string of the molecule is CNNC[C@@H]1CN(c2ccc(N3CCC(=CC#N)CC3)c(F)c2)C(=O)O1. The molecule has 0 bridgehead atoms. The van der Waals surface area contributed by atoms with Crippen LogP contribution in [0.15, 0.2) is 29.8 Å². The van der Waals surface area contributed by atoms with Crippen molar-refractivity contribution in [3.8, 4) is 6.07 Å². The fourth-order valence-corrected chi connectivity index (χ4v) is 3.25. The number of piperidine rings is 1. The maximum absolute atomic E-state index is 14.7. The van der Waals surface area contributed by atoms with E-state index in [-0.39, 0.29) is 11.9 Å². The van der Waals surface area contributed by atoms with Crippen molar-refractivity contribution in [3.63, 3.8) is 0 Å². The highest BCUT2D eigenvalue weighted by Gasteiger charge is 2.32. The van der Waals surface area contributed by atoms with Crippen LogP contribution in [0.1, 0.15) is 12.8 Å². The van der Waals surface area contributed by atoms with Crippen LogP contribution < -0.4 is 20.7 Å². The average Bonchev–Trinajstić information content (AvgIpc) is 3.02. The molecule has 2 saturated heterocycles. The molecule has 2 fully saturated rings. The number of ether oxygens (including phenoxy) is 1. The Labute approximate surface area is 152 Å². The van der Waals surface area contributed by atoms with Crippen molar-refractivity contribution in [1.82, 2.24) is 10.9 Å². The quantitative estimate of drug-likeness (QED) is 0.618.